The van der Waals surface area contributed by atoms with Crippen molar-refractivity contribution in [3.05, 3.63) is 58.9 Å². The maximum absolute atomic E-state index is 13.3. The largest absolute Gasteiger partial charge is 0.508 e. The Hall–Kier alpha value is -2.27. The summed E-state index contributed by atoms with van der Waals surface area (Å²) in [5.41, 5.74) is 1.12. The number of anilines is 1. The predicted molar refractivity (Wildman–Crippen MR) is 78.2 cm³/mol. The second-order valence-corrected chi connectivity index (χ2v) is 4.98. The number of carbonyl (C=O) groups is 1. The van der Waals surface area contributed by atoms with E-state index in [0.29, 0.717) is 16.3 Å². The van der Waals surface area contributed by atoms with E-state index in [4.69, 9.17) is 16.7 Å². The summed E-state index contributed by atoms with van der Waals surface area (Å²) in [6.07, 6.45) is 0. The minimum absolute atomic E-state index is 0.152. The molecule has 0 aromatic heterocycles. The van der Waals surface area contributed by atoms with Gasteiger partial charge in [-0.2, -0.15) is 0 Å². The van der Waals surface area contributed by atoms with Gasteiger partial charge in [0.25, 0.3) is 0 Å². The van der Waals surface area contributed by atoms with Crippen LogP contribution >= 0.6 is 11.6 Å². The summed E-state index contributed by atoms with van der Waals surface area (Å²) in [6.45, 7) is -0.0990. The van der Waals surface area contributed by atoms with Crippen LogP contribution in [0.3, 0.4) is 0 Å². The average molecular weight is 310 g/mol. The van der Waals surface area contributed by atoms with Gasteiger partial charge in [0.2, 0.25) is 0 Å². The van der Waals surface area contributed by atoms with Crippen molar-refractivity contribution in [1.82, 2.24) is 0 Å². The summed E-state index contributed by atoms with van der Waals surface area (Å²) >= 11 is 5.81. The number of aliphatic carboxylic acids is 1. The second-order valence-electron chi connectivity index (χ2n) is 4.54. The first-order valence-electron chi connectivity index (χ1n) is 6.15. The van der Waals surface area contributed by atoms with Crippen LogP contribution in [-0.4, -0.2) is 22.7 Å². The van der Waals surface area contributed by atoms with Gasteiger partial charge in [-0.25, -0.2) is 4.39 Å². The molecular formula is C15H13ClFNO3. The molecule has 4 nitrogen and oxygen atoms in total. The molecule has 2 N–H and O–H groups in total. The van der Waals surface area contributed by atoms with Crippen LogP contribution in [0.2, 0.25) is 5.02 Å². The molecule has 0 aliphatic carbocycles. The number of hydrogen-bond donors (Lipinski definition) is 2. The lowest BCUT2D eigenvalue weighted by Gasteiger charge is -2.23. The van der Waals surface area contributed by atoms with Gasteiger partial charge in [-0.1, -0.05) is 11.6 Å². The molecule has 2 rings (SSSR count). The maximum Gasteiger partial charge on any atom is 0.323 e. The van der Waals surface area contributed by atoms with Gasteiger partial charge in [-0.15, -0.1) is 0 Å². The van der Waals surface area contributed by atoms with E-state index < -0.39 is 11.8 Å². The Labute approximate surface area is 126 Å². The molecule has 21 heavy (non-hydrogen) atoms. The molecule has 0 atom stereocenters. The fourth-order valence-corrected chi connectivity index (χ4v) is 2.12. The molecule has 0 amide bonds. The molecule has 2 aromatic rings. The maximum atomic E-state index is 13.3. The van der Waals surface area contributed by atoms with Crippen LogP contribution in [-0.2, 0) is 11.3 Å². The molecular weight excluding hydrogens is 297 g/mol. The molecule has 2 aromatic carbocycles. The number of phenols is 1. The first kappa shape index (κ1) is 15.1. The van der Waals surface area contributed by atoms with E-state index in [1.807, 2.05) is 0 Å². The Morgan fingerprint density at radius 3 is 2.43 bits per heavy atom. The zero-order valence-electron chi connectivity index (χ0n) is 11.0. The van der Waals surface area contributed by atoms with Crippen molar-refractivity contribution < 1.29 is 19.4 Å². The molecule has 0 radical (unpaired) electrons. The average Bonchev–Trinajstić information content (AvgIpc) is 2.37. The summed E-state index contributed by atoms with van der Waals surface area (Å²) in [4.78, 5) is 12.5. The van der Waals surface area contributed by atoms with Crippen molar-refractivity contribution in [3.8, 4) is 5.75 Å². The highest BCUT2D eigenvalue weighted by atomic mass is 35.5. The van der Waals surface area contributed by atoms with Crippen molar-refractivity contribution >= 4 is 23.3 Å². The lowest BCUT2D eigenvalue weighted by Crippen LogP contribution is -2.29. The molecule has 0 saturated carbocycles. The summed E-state index contributed by atoms with van der Waals surface area (Å²) < 4.78 is 13.3. The Bertz CT molecular complexity index is 626. The molecule has 6 heteroatoms. The summed E-state index contributed by atoms with van der Waals surface area (Å²) in [5, 5.41) is 18.9. The number of carboxylic acids is 1. The van der Waals surface area contributed by atoms with Gasteiger partial charge in [-0.3, -0.25) is 4.79 Å². The number of aromatic hydroxyl groups is 1. The van der Waals surface area contributed by atoms with Crippen molar-refractivity contribution in [2.75, 3.05) is 11.4 Å². The Kier molecular flexibility index (Phi) is 4.65. The molecule has 0 heterocycles. The number of benzene rings is 2. The van der Waals surface area contributed by atoms with Crippen LogP contribution in [0.25, 0.3) is 0 Å². The smallest absolute Gasteiger partial charge is 0.323 e. The summed E-state index contributed by atoms with van der Waals surface area (Å²) in [6, 6.07) is 10.3. The lowest BCUT2D eigenvalue weighted by atomic mass is 10.1. The Morgan fingerprint density at radius 1 is 1.19 bits per heavy atom. The van der Waals surface area contributed by atoms with Gasteiger partial charge in [0.1, 0.15) is 18.1 Å². The summed E-state index contributed by atoms with van der Waals surface area (Å²) in [5.74, 6) is -1.78. The first-order valence-corrected chi connectivity index (χ1v) is 6.52. The van der Waals surface area contributed by atoms with E-state index >= 15 is 0 Å². The highest BCUT2D eigenvalue weighted by molar-refractivity contribution is 6.30. The minimum atomic E-state index is -1.01. The molecule has 0 unspecified atom stereocenters. The van der Waals surface area contributed by atoms with Gasteiger partial charge >= 0.3 is 5.97 Å². The van der Waals surface area contributed by atoms with Crippen molar-refractivity contribution in [3.63, 3.8) is 0 Å². The monoisotopic (exact) mass is 309 g/mol. The zero-order valence-corrected chi connectivity index (χ0v) is 11.7. The van der Waals surface area contributed by atoms with Gasteiger partial charge in [0, 0.05) is 23.3 Å². The molecule has 0 bridgehead atoms. The minimum Gasteiger partial charge on any atom is -0.508 e. The number of hydrogen-bond acceptors (Lipinski definition) is 3. The molecule has 0 saturated heterocycles. The Morgan fingerprint density at radius 2 is 1.86 bits per heavy atom. The third-order valence-corrected chi connectivity index (χ3v) is 3.09. The third kappa shape index (κ3) is 4.36. The van der Waals surface area contributed by atoms with Crippen LogP contribution in [0.5, 0.6) is 5.75 Å². The van der Waals surface area contributed by atoms with Crippen LogP contribution in [0.4, 0.5) is 10.1 Å². The SMILES string of the molecule is O=C(O)CN(Cc1cc(O)cc(F)c1)c1ccc(Cl)cc1. The van der Waals surface area contributed by atoms with E-state index in [9.17, 15) is 14.3 Å². The van der Waals surface area contributed by atoms with Crippen LogP contribution in [0, 0.1) is 5.82 Å². The number of rotatable bonds is 5. The summed E-state index contributed by atoms with van der Waals surface area (Å²) in [7, 11) is 0. The normalized spacial score (nSPS) is 10.4. The van der Waals surface area contributed by atoms with Crippen molar-refractivity contribution in [1.29, 1.82) is 0 Å². The fraction of sp³-hybridized carbons (Fsp3) is 0.133. The van der Waals surface area contributed by atoms with E-state index in [-0.39, 0.29) is 18.8 Å². The van der Waals surface area contributed by atoms with Gasteiger partial charge < -0.3 is 15.1 Å². The number of phenolic OH excluding ortho intramolecular Hbond substituents is 1. The predicted octanol–water partition coefficient (Wildman–Crippen LogP) is 3.28. The van der Waals surface area contributed by atoms with E-state index in [2.05, 4.69) is 0 Å². The molecule has 0 spiro atoms. The van der Waals surface area contributed by atoms with Crippen LogP contribution in [0.15, 0.2) is 42.5 Å². The van der Waals surface area contributed by atoms with Crippen molar-refractivity contribution in [2.24, 2.45) is 0 Å². The molecule has 110 valence electrons. The quantitative estimate of drug-likeness (QED) is 0.890. The lowest BCUT2D eigenvalue weighted by molar-refractivity contribution is -0.135. The number of carboxylic acid groups (broad SMARTS) is 1. The first-order chi connectivity index (χ1) is 9.94. The molecule has 0 aliphatic heterocycles. The fourth-order valence-electron chi connectivity index (χ4n) is 2.00. The van der Waals surface area contributed by atoms with Crippen LogP contribution in [0.1, 0.15) is 5.56 Å². The number of nitrogens with zero attached hydrogens (tertiary/aromatic N) is 1. The van der Waals surface area contributed by atoms with E-state index in [1.165, 1.54) is 12.1 Å². The second kappa shape index (κ2) is 6.45. The standard InChI is InChI=1S/C15H13ClFNO3/c16-11-1-3-13(4-2-11)18(9-15(20)21)8-10-5-12(17)7-14(19)6-10/h1-7,19H,8-9H2,(H,20,21). The van der Waals surface area contributed by atoms with E-state index in [0.717, 1.165) is 6.07 Å². The van der Waals surface area contributed by atoms with Gasteiger partial charge in [-0.05, 0) is 42.0 Å². The van der Waals surface area contributed by atoms with Crippen LogP contribution < -0.4 is 4.90 Å². The van der Waals surface area contributed by atoms with E-state index in [1.54, 1.807) is 29.2 Å². The third-order valence-electron chi connectivity index (χ3n) is 2.83. The van der Waals surface area contributed by atoms with Gasteiger partial charge in [0.15, 0.2) is 0 Å². The van der Waals surface area contributed by atoms with Gasteiger partial charge in [0.05, 0.1) is 0 Å². The molecule has 0 aliphatic rings. The highest BCUT2D eigenvalue weighted by Gasteiger charge is 2.12. The topological polar surface area (TPSA) is 60.8 Å². The van der Waals surface area contributed by atoms with Crippen molar-refractivity contribution in [2.45, 2.75) is 6.54 Å². The number of halogens is 2. The highest BCUT2D eigenvalue weighted by Crippen LogP contribution is 2.22. The molecule has 0 fully saturated rings. The Balaban J connectivity index is 2.27. The zero-order chi connectivity index (χ0) is 15.4.